The van der Waals surface area contributed by atoms with Gasteiger partial charge in [-0.1, -0.05) is 74.5 Å². The number of thiophene rings is 1. The predicted octanol–water partition coefficient (Wildman–Crippen LogP) is 11.4. The first-order chi connectivity index (χ1) is 22.6. The second-order valence-corrected chi connectivity index (χ2v) is 13.1. The minimum absolute atomic E-state index is 0. The molecule has 1 aliphatic rings. The number of rotatable bonds is 3. The molecule has 0 bridgehead atoms. The fourth-order valence-corrected chi connectivity index (χ4v) is 7.85. The van der Waals surface area contributed by atoms with Crippen LogP contribution in [0, 0.1) is 12.1 Å². The first-order valence-electron chi connectivity index (χ1n) is 15.5. The van der Waals surface area contributed by atoms with Crippen molar-refractivity contribution in [1.82, 2.24) is 9.97 Å². The van der Waals surface area contributed by atoms with Crippen LogP contribution in [0.15, 0.2) is 146 Å². The van der Waals surface area contributed by atoms with Crippen molar-refractivity contribution in [1.29, 1.82) is 0 Å². The van der Waals surface area contributed by atoms with E-state index >= 15 is 0 Å². The van der Waals surface area contributed by atoms with Crippen LogP contribution in [-0.2, 0) is 25.5 Å². The van der Waals surface area contributed by atoms with Crippen LogP contribution in [0.5, 0.6) is 0 Å². The summed E-state index contributed by atoms with van der Waals surface area (Å²) in [5.41, 5.74) is 12.0. The van der Waals surface area contributed by atoms with Gasteiger partial charge in [0.15, 0.2) is 0 Å². The third-order valence-electron chi connectivity index (χ3n) is 8.89. The maximum atomic E-state index is 4.70. The van der Waals surface area contributed by atoms with Gasteiger partial charge in [-0.25, -0.2) is 0 Å². The number of pyridine rings is 2. The zero-order valence-corrected chi connectivity index (χ0v) is 29.2. The Morgan fingerprint density at radius 3 is 2.00 bits per heavy atom. The van der Waals surface area contributed by atoms with Crippen molar-refractivity contribution in [3.63, 3.8) is 0 Å². The zero-order valence-electron chi connectivity index (χ0n) is 26.0. The number of benzene rings is 5. The van der Waals surface area contributed by atoms with E-state index in [0.717, 1.165) is 22.5 Å². The second kappa shape index (κ2) is 12.8. The largest absolute Gasteiger partial charge is 0.305 e. The molecule has 5 aromatic carbocycles. The Labute approximate surface area is 293 Å². The summed E-state index contributed by atoms with van der Waals surface area (Å²) < 4.78 is 2.68. The summed E-state index contributed by atoms with van der Waals surface area (Å²) in [6.45, 7) is 4.72. The van der Waals surface area contributed by atoms with Gasteiger partial charge in [0.1, 0.15) is 0 Å². The Hall–Kier alpha value is -4.73. The Bertz CT molecular complexity index is 2290. The zero-order chi connectivity index (χ0) is 31.1. The fourth-order valence-electron chi connectivity index (χ4n) is 6.70. The average Bonchev–Trinajstić information content (AvgIpc) is 3.61. The van der Waals surface area contributed by atoms with E-state index in [4.69, 9.17) is 4.98 Å². The molecule has 1 aliphatic carbocycles. The van der Waals surface area contributed by atoms with Crippen molar-refractivity contribution >= 4 is 31.5 Å². The quantitative estimate of drug-likeness (QED) is 0.166. The van der Waals surface area contributed by atoms with Gasteiger partial charge in [-0.3, -0.25) is 0 Å². The van der Waals surface area contributed by atoms with Crippen LogP contribution >= 0.6 is 11.3 Å². The van der Waals surface area contributed by atoms with E-state index in [0.29, 0.717) is 0 Å². The van der Waals surface area contributed by atoms with Crippen LogP contribution in [-0.4, -0.2) is 9.97 Å². The average molecular weight is 799 g/mol. The molecular formula is C43H30IrN2S-2. The van der Waals surface area contributed by atoms with Gasteiger partial charge in [-0.05, 0) is 69.0 Å². The molecule has 0 saturated heterocycles. The topological polar surface area (TPSA) is 25.8 Å². The van der Waals surface area contributed by atoms with E-state index < -0.39 is 0 Å². The molecule has 0 amide bonds. The molecule has 0 N–H and O–H groups in total. The van der Waals surface area contributed by atoms with Gasteiger partial charge in [0.25, 0.3) is 0 Å². The maximum absolute atomic E-state index is 4.70. The van der Waals surface area contributed by atoms with E-state index in [9.17, 15) is 0 Å². The number of hydrogen-bond acceptors (Lipinski definition) is 3. The summed E-state index contributed by atoms with van der Waals surface area (Å²) >= 11 is 1.89. The van der Waals surface area contributed by atoms with Crippen LogP contribution in [0.4, 0.5) is 0 Å². The molecule has 8 aromatic rings. The molecule has 3 heterocycles. The van der Waals surface area contributed by atoms with E-state index in [1.54, 1.807) is 6.20 Å². The molecule has 229 valence electrons. The van der Waals surface area contributed by atoms with Gasteiger partial charge < -0.3 is 9.97 Å². The molecule has 0 fully saturated rings. The number of hydrogen-bond donors (Lipinski definition) is 0. The first-order valence-corrected chi connectivity index (χ1v) is 16.3. The third-order valence-corrected chi connectivity index (χ3v) is 10.0. The van der Waals surface area contributed by atoms with Crippen molar-refractivity contribution in [3.8, 4) is 44.8 Å². The fraction of sp³-hybridized carbons (Fsp3) is 0.0698. The minimum atomic E-state index is -0.0475. The summed E-state index contributed by atoms with van der Waals surface area (Å²) in [6.07, 6.45) is 3.73. The number of fused-ring (bicyclic) bond motifs is 6. The van der Waals surface area contributed by atoms with Gasteiger partial charge in [-0.2, -0.15) is 0 Å². The van der Waals surface area contributed by atoms with Crippen LogP contribution in [0.3, 0.4) is 0 Å². The van der Waals surface area contributed by atoms with Crippen molar-refractivity contribution in [3.05, 3.63) is 169 Å². The van der Waals surface area contributed by atoms with Gasteiger partial charge in [-0.15, -0.1) is 83.1 Å². The molecule has 1 radical (unpaired) electrons. The maximum Gasteiger partial charge on any atom is 0.0365 e. The van der Waals surface area contributed by atoms with Crippen molar-refractivity contribution < 1.29 is 20.1 Å². The Morgan fingerprint density at radius 2 is 1.26 bits per heavy atom. The van der Waals surface area contributed by atoms with Gasteiger partial charge in [0.05, 0.1) is 0 Å². The monoisotopic (exact) mass is 799 g/mol. The second-order valence-electron chi connectivity index (χ2n) is 12.0. The SMILES string of the molecule is CC1(C)c2ccccc2-c2c1cc1sc3ccccc3c1c2-c1ccnc(-c2[c-]cccc2)c1.[Ir].[c-]1ccccc1-c1ccccn1. The van der Waals surface area contributed by atoms with Crippen LogP contribution < -0.4 is 0 Å². The molecule has 4 heteroatoms. The molecule has 2 nitrogen and oxygen atoms in total. The van der Waals surface area contributed by atoms with E-state index in [2.05, 4.69) is 104 Å². The normalized spacial score (nSPS) is 12.5. The summed E-state index contributed by atoms with van der Waals surface area (Å²) in [7, 11) is 0. The van der Waals surface area contributed by atoms with E-state index in [1.165, 1.54) is 53.6 Å². The predicted molar refractivity (Wildman–Crippen MR) is 193 cm³/mol. The van der Waals surface area contributed by atoms with Crippen molar-refractivity contribution in [2.45, 2.75) is 19.3 Å². The Balaban J connectivity index is 0.000000228. The van der Waals surface area contributed by atoms with Gasteiger partial charge >= 0.3 is 0 Å². The molecular weight excluding hydrogens is 769 g/mol. The minimum Gasteiger partial charge on any atom is -0.305 e. The summed E-state index contributed by atoms with van der Waals surface area (Å²) in [5, 5.41) is 2.67. The van der Waals surface area contributed by atoms with E-state index in [-0.39, 0.29) is 25.5 Å². The van der Waals surface area contributed by atoms with Crippen molar-refractivity contribution in [2.75, 3.05) is 0 Å². The van der Waals surface area contributed by atoms with E-state index in [1.807, 2.05) is 78.2 Å². The molecule has 0 unspecified atom stereocenters. The Kier molecular flexibility index (Phi) is 8.42. The molecule has 9 rings (SSSR count). The molecule has 0 aliphatic heterocycles. The standard InChI is InChI=1S/C32H22NS.C11H8N.Ir/c1-32(2)24-14-8-6-12-22(24)30-25(32)19-28-31(23-13-7-9-15-27(23)34-28)29(30)21-16-17-33-26(18-21)20-10-4-3-5-11-20;1-2-6-10(7-3-1)11-8-4-5-9-12-11;/h3-10,12-19H,1-2H3;1-6,8-9H;/q2*-1;. The first kappa shape index (κ1) is 30.9. The molecule has 0 atom stereocenters. The summed E-state index contributed by atoms with van der Waals surface area (Å²) in [6, 6.07) is 52.8. The van der Waals surface area contributed by atoms with Crippen LogP contribution in [0.2, 0.25) is 0 Å². The smallest absolute Gasteiger partial charge is 0.0365 e. The molecule has 0 spiro atoms. The van der Waals surface area contributed by atoms with Gasteiger partial charge in [0, 0.05) is 58.1 Å². The van der Waals surface area contributed by atoms with Crippen LogP contribution in [0.1, 0.15) is 25.0 Å². The van der Waals surface area contributed by atoms with Gasteiger partial charge in [0.2, 0.25) is 0 Å². The number of nitrogens with zero attached hydrogens (tertiary/aromatic N) is 2. The van der Waals surface area contributed by atoms with Crippen LogP contribution in [0.25, 0.3) is 64.9 Å². The van der Waals surface area contributed by atoms with Crippen molar-refractivity contribution in [2.24, 2.45) is 0 Å². The third kappa shape index (κ3) is 5.53. The summed E-state index contributed by atoms with van der Waals surface area (Å²) in [5.74, 6) is 0. The Morgan fingerprint density at radius 1 is 0.574 bits per heavy atom. The molecule has 0 saturated carbocycles. The number of aromatic nitrogens is 2. The molecule has 3 aromatic heterocycles. The molecule has 47 heavy (non-hydrogen) atoms. The summed E-state index contributed by atoms with van der Waals surface area (Å²) in [4.78, 5) is 8.92.